The van der Waals surface area contributed by atoms with Crippen LogP contribution in [0.3, 0.4) is 0 Å². The minimum atomic E-state index is -3.01. The molecule has 0 N–H and O–H groups in total. The van der Waals surface area contributed by atoms with Crippen molar-refractivity contribution in [2.24, 2.45) is 0 Å². The van der Waals surface area contributed by atoms with E-state index in [0.29, 0.717) is 0 Å². The number of rotatable bonds is 2. The Morgan fingerprint density at radius 1 is 1.40 bits per heavy atom. The third-order valence-electron chi connectivity index (χ3n) is 2.25. The van der Waals surface area contributed by atoms with Crippen molar-refractivity contribution in [1.82, 2.24) is 0 Å². The minimum absolute atomic E-state index is 0.166. The second-order valence-corrected chi connectivity index (χ2v) is 19.6. The van der Waals surface area contributed by atoms with E-state index in [1.54, 1.807) is 0 Å². The summed E-state index contributed by atoms with van der Waals surface area (Å²) in [6, 6.07) is 6.15. The molecule has 82 valence electrons. The van der Waals surface area contributed by atoms with E-state index in [9.17, 15) is 4.79 Å². The molecule has 0 spiro atoms. The fourth-order valence-corrected chi connectivity index (χ4v) is 12.0. The van der Waals surface area contributed by atoms with Gasteiger partial charge in [0.05, 0.1) is 0 Å². The van der Waals surface area contributed by atoms with Crippen molar-refractivity contribution in [2.45, 2.75) is 22.8 Å². The van der Waals surface area contributed by atoms with Crippen LogP contribution in [0.1, 0.15) is 12.5 Å². The predicted molar refractivity (Wildman–Crippen MR) is 67.8 cm³/mol. The third kappa shape index (κ3) is 3.55. The molecule has 0 radical (unpaired) electrons. The molecule has 0 fully saturated rings. The Balaban J connectivity index is 3.13. The Kier molecular flexibility index (Phi) is 4.34. The van der Waals surface area contributed by atoms with Gasteiger partial charge in [-0.05, 0) is 0 Å². The summed E-state index contributed by atoms with van der Waals surface area (Å²) >= 11 is 0.443. The molecule has 1 aromatic rings. The molecule has 0 aliphatic heterocycles. The molecule has 4 heteroatoms. The van der Waals surface area contributed by atoms with Gasteiger partial charge in [0.15, 0.2) is 0 Å². The molecular formula is C11H15BrO2Pb. The Bertz CT molecular complexity index is 388. The van der Waals surface area contributed by atoms with Gasteiger partial charge in [-0.15, -0.1) is 0 Å². The zero-order valence-electron chi connectivity index (χ0n) is 9.43. The van der Waals surface area contributed by atoms with Gasteiger partial charge in [0.1, 0.15) is 0 Å². The van der Waals surface area contributed by atoms with Crippen molar-refractivity contribution in [1.29, 1.82) is 0 Å². The summed E-state index contributed by atoms with van der Waals surface area (Å²) in [6.45, 7) is 3.54. The van der Waals surface area contributed by atoms with Gasteiger partial charge in [0.2, 0.25) is 0 Å². The monoisotopic (exact) mass is 466 g/mol. The van der Waals surface area contributed by atoms with Gasteiger partial charge in [0.25, 0.3) is 0 Å². The summed E-state index contributed by atoms with van der Waals surface area (Å²) in [5.41, 5.74) is 1.21. The molecule has 1 rings (SSSR count). The van der Waals surface area contributed by atoms with Crippen LogP contribution in [0.4, 0.5) is 0 Å². The Morgan fingerprint density at radius 3 is 2.53 bits per heavy atom. The molecule has 1 aromatic carbocycles. The number of aryl methyl sites for hydroxylation is 1. The van der Waals surface area contributed by atoms with Crippen molar-refractivity contribution in [2.75, 3.05) is 0 Å². The van der Waals surface area contributed by atoms with Gasteiger partial charge in [-0.1, -0.05) is 0 Å². The standard InChI is InChI=1S/C7H6Br.C2H4O2.2CH3.Pb/c1-6-2-4-7(8)5-3-6;1-2(3)4;;;/h2,4-5H,1H3;1H3,(H,3,4);2*1H3;/q;;;;+1/p-1. The predicted octanol–water partition coefficient (Wildman–Crippen LogP) is 2.73. The van der Waals surface area contributed by atoms with E-state index in [1.165, 1.54) is 15.6 Å². The van der Waals surface area contributed by atoms with Gasteiger partial charge >= 0.3 is 105 Å². The number of halogens is 1. The van der Waals surface area contributed by atoms with E-state index in [-0.39, 0.29) is 5.97 Å². The molecular weight excluding hydrogens is 451 g/mol. The Labute approximate surface area is 104 Å². The van der Waals surface area contributed by atoms with Crippen LogP contribution in [-0.4, -0.2) is 27.6 Å². The number of carbonyl (C=O) groups is 1. The molecule has 0 atom stereocenters. The van der Waals surface area contributed by atoms with Crippen LogP contribution in [0.25, 0.3) is 0 Å². The molecule has 0 aliphatic carbocycles. The normalized spacial score (nSPS) is 11.3. The number of hydrogen-bond acceptors (Lipinski definition) is 2. The van der Waals surface area contributed by atoms with Gasteiger partial charge < -0.3 is 0 Å². The van der Waals surface area contributed by atoms with Crippen molar-refractivity contribution in [3.8, 4) is 0 Å². The maximum absolute atomic E-state index is 11.1. The van der Waals surface area contributed by atoms with E-state index in [1.807, 2.05) is 6.07 Å². The molecule has 0 aliphatic rings. The number of benzene rings is 1. The quantitative estimate of drug-likeness (QED) is 0.627. The van der Waals surface area contributed by atoms with E-state index in [0.717, 1.165) is 4.47 Å². The van der Waals surface area contributed by atoms with Crippen LogP contribution < -0.4 is 3.12 Å². The summed E-state index contributed by atoms with van der Waals surface area (Å²) < 4.78 is 12.0. The SMILES string of the molecule is CC(=O)[O][Pb]([CH3])([CH3])[c]1cc(Br)ccc1C. The number of carbonyl (C=O) groups excluding carboxylic acids is 1. The van der Waals surface area contributed by atoms with E-state index < -0.39 is 21.6 Å². The van der Waals surface area contributed by atoms with Crippen molar-refractivity contribution in [3.63, 3.8) is 0 Å². The van der Waals surface area contributed by atoms with E-state index in [4.69, 9.17) is 2.69 Å². The fraction of sp³-hybridized carbons (Fsp3) is 0.364. The first-order chi connectivity index (χ1) is 6.83. The average molecular weight is 466 g/mol. The maximum atomic E-state index is 11.1. The van der Waals surface area contributed by atoms with Crippen molar-refractivity contribution < 1.29 is 7.48 Å². The van der Waals surface area contributed by atoms with Crippen molar-refractivity contribution in [3.05, 3.63) is 28.2 Å². The first-order valence-electron chi connectivity index (χ1n) is 4.79. The second kappa shape index (κ2) is 4.95. The molecule has 0 amide bonds. The first kappa shape index (κ1) is 13.2. The molecule has 0 saturated carbocycles. The van der Waals surface area contributed by atoms with Crippen LogP contribution in [0, 0.1) is 6.92 Å². The van der Waals surface area contributed by atoms with Gasteiger partial charge in [0, 0.05) is 0 Å². The second-order valence-electron chi connectivity index (χ2n) is 4.06. The van der Waals surface area contributed by atoms with E-state index >= 15 is 0 Å². The van der Waals surface area contributed by atoms with Crippen LogP contribution in [-0.2, 0) is 7.48 Å². The van der Waals surface area contributed by atoms with Crippen LogP contribution in [0.5, 0.6) is 0 Å². The summed E-state index contributed by atoms with van der Waals surface area (Å²) in [4.78, 5) is 11.1. The van der Waals surface area contributed by atoms with Crippen LogP contribution >= 0.6 is 15.9 Å². The summed E-state index contributed by atoms with van der Waals surface area (Å²) in [5.74, 6) is -0.166. The molecule has 0 bridgehead atoms. The molecule has 0 aromatic heterocycles. The van der Waals surface area contributed by atoms with Crippen LogP contribution in [0.15, 0.2) is 22.7 Å². The third-order valence-corrected chi connectivity index (χ3v) is 13.0. The van der Waals surface area contributed by atoms with Crippen molar-refractivity contribution >= 4 is 46.6 Å². The van der Waals surface area contributed by atoms with E-state index in [2.05, 4.69) is 44.0 Å². The number of hydrogen-bond donors (Lipinski definition) is 0. The summed E-state index contributed by atoms with van der Waals surface area (Å²) in [7, 11) is 0. The van der Waals surface area contributed by atoms with Gasteiger partial charge in [-0.25, -0.2) is 0 Å². The zero-order chi connectivity index (χ0) is 11.6. The Morgan fingerprint density at radius 2 is 2.00 bits per heavy atom. The zero-order valence-corrected chi connectivity index (χ0v) is 14.9. The summed E-state index contributed by atoms with van der Waals surface area (Å²) in [6.07, 6.45) is 0. The topological polar surface area (TPSA) is 26.3 Å². The molecule has 15 heavy (non-hydrogen) atoms. The summed E-state index contributed by atoms with van der Waals surface area (Å²) in [5, 5.41) is 0. The molecule has 0 heterocycles. The van der Waals surface area contributed by atoms with Gasteiger partial charge in [-0.3, -0.25) is 0 Å². The Hall–Kier alpha value is 0.0921. The molecule has 0 saturated heterocycles. The molecule has 0 unspecified atom stereocenters. The van der Waals surface area contributed by atoms with Crippen LogP contribution in [0.2, 0.25) is 8.97 Å². The average Bonchev–Trinajstić information content (AvgIpc) is 2.06. The molecule has 2 nitrogen and oxygen atoms in total. The first-order valence-corrected chi connectivity index (χ1v) is 16.9. The van der Waals surface area contributed by atoms with Gasteiger partial charge in [-0.2, -0.15) is 0 Å². The fourth-order valence-electron chi connectivity index (χ4n) is 1.66.